The number of rotatable bonds is 11. The molecule has 0 unspecified atom stereocenters. The Morgan fingerprint density at radius 1 is 0.919 bits per heavy atom. The summed E-state index contributed by atoms with van der Waals surface area (Å²) in [6.45, 7) is 1.51. The van der Waals surface area contributed by atoms with Crippen molar-refractivity contribution in [2.45, 2.75) is 30.7 Å². The Hall–Kier alpha value is -3.07. The highest BCUT2D eigenvalue weighted by molar-refractivity contribution is 7.92. The smallest absolute Gasteiger partial charge is 0.264 e. The van der Waals surface area contributed by atoms with Crippen LogP contribution in [0.5, 0.6) is 0 Å². The molecule has 0 spiro atoms. The van der Waals surface area contributed by atoms with Crippen molar-refractivity contribution in [3.63, 3.8) is 0 Å². The number of anilines is 1. The first-order chi connectivity index (χ1) is 17.7. The molecule has 37 heavy (non-hydrogen) atoms. The van der Waals surface area contributed by atoms with Gasteiger partial charge >= 0.3 is 0 Å². The summed E-state index contributed by atoms with van der Waals surface area (Å²) in [5, 5.41) is 3.01. The number of halogens is 2. The van der Waals surface area contributed by atoms with Crippen LogP contribution in [0.2, 0.25) is 10.0 Å². The number of benzene rings is 3. The molecule has 7 nitrogen and oxygen atoms in total. The summed E-state index contributed by atoms with van der Waals surface area (Å²) >= 11 is 12.3. The van der Waals surface area contributed by atoms with Gasteiger partial charge in [-0.1, -0.05) is 78.7 Å². The Kier molecular flexibility index (Phi) is 9.97. The zero-order valence-electron chi connectivity index (χ0n) is 20.6. The first-order valence-electron chi connectivity index (χ1n) is 11.8. The fourth-order valence-corrected chi connectivity index (χ4v) is 5.67. The maximum absolute atomic E-state index is 13.8. The van der Waals surface area contributed by atoms with Crippen LogP contribution in [-0.4, -0.2) is 51.3 Å². The third kappa shape index (κ3) is 7.03. The van der Waals surface area contributed by atoms with Gasteiger partial charge < -0.3 is 10.2 Å². The van der Waals surface area contributed by atoms with Crippen LogP contribution in [-0.2, 0) is 26.0 Å². The molecule has 0 aliphatic carbocycles. The van der Waals surface area contributed by atoms with Gasteiger partial charge in [0.1, 0.15) is 12.6 Å². The average Bonchev–Trinajstić information content (AvgIpc) is 2.91. The van der Waals surface area contributed by atoms with Crippen molar-refractivity contribution in [1.29, 1.82) is 0 Å². The third-order valence-electron chi connectivity index (χ3n) is 5.92. The highest BCUT2D eigenvalue weighted by atomic mass is 35.5. The van der Waals surface area contributed by atoms with Crippen LogP contribution in [0, 0.1) is 0 Å². The molecule has 0 bridgehead atoms. The summed E-state index contributed by atoms with van der Waals surface area (Å²) in [6, 6.07) is 21.0. The molecule has 3 aromatic carbocycles. The minimum Gasteiger partial charge on any atom is -0.357 e. The van der Waals surface area contributed by atoms with Crippen LogP contribution in [0.25, 0.3) is 0 Å². The van der Waals surface area contributed by atoms with Crippen LogP contribution < -0.4 is 9.62 Å². The Labute approximate surface area is 228 Å². The number of nitrogens with zero attached hydrogens (tertiary/aromatic N) is 2. The van der Waals surface area contributed by atoms with Gasteiger partial charge in [-0.3, -0.25) is 13.9 Å². The van der Waals surface area contributed by atoms with E-state index in [9.17, 15) is 18.0 Å². The average molecular weight is 563 g/mol. The summed E-state index contributed by atoms with van der Waals surface area (Å²) in [7, 11) is -2.65. The second-order valence-electron chi connectivity index (χ2n) is 8.28. The number of likely N-dealkylation sites (N-methyl/N-ethyl adjacent to an activating group) is 1. The minimum absolute atomic E-state index is 0.0167. The Bertz CT molecular complexity index is 1320. The number of carbonyl (C=O) groups excluding carboxylic acids is 2. The van der Waals surface area contributed by atoms with Crippen molar-refractivity contribution < 1.29 is 18.0 Å². The quantitative estimate of drug-likeness (QED) is 0.364. The normalized spacial score (nSPS) is 12.0. The van der Waals surface area contributed by atoms with Crippen molar-refractivity contribution in [3.8, 4) is 0 Å². The van der Waals surface area contributed by atoms with E-state index in [1.54, 1.807) is 25.1 Å². The third-order valence-corrected chi connectivity index (χ3v) is 8.44. The van der Waals surface area contributed by atoms with Gasteiger partial charge in [0.05, 0.1) is 20.6 Å². The van der Waals surface area contributed by atoms with Gasteiger partial charge in [0.25, 0.3) is 10.0 Å². The van der Waals surface area contributed by atoms with E-state index in [2.05, 4.69) is 5.32 Å². The van der Waals surface area contributed by atoms with Gasteiger partial charge in [0, 0.05) is 13.6 Å². The van der Waals surface area contributed by atoms with E-state index >= 15 is 0 Å². The summed E-state index contributed by atoms with van der Waals surface area (Å²) in [4.78, 5) is 27.9. The van der Waals surface area contributed by atoms with Crippen molar-refractivity contribution >= 4 is 50.7 Å². The second-order valence-corrected chi connectivity index (χ2v) is 11.0. The summed E-state index contributed by atoms with van der Waals surface area (Å²) < 4.78 is 28.4. The van der Waals surface area contributed by atoms with Crippen LogP contribution in [0.15, 0.2) is 83.8 Å². The van der Waals surface area contributed by atoms with Gasteiger partial charge in [-0.2, -0.15) is 0 Å². The van der Waals surface area contributed by atoms with Gasteiger partial charge in [0.2, 0.25) is 11.8 Å². The standard InChI is InChI=1S/C27H29Cl2N3O4S/c1-3-25(27(34)30-2)31(17-16-20-10-6-4-7-11-20)26(33)19-32(21-14-15-23(28)24(29)18-21)37(35,36)22-12-8-5-9-13-22/h4-15,18,25H,3,16-17,19H2,1-2H3,(H,30,34)/t25-/m0/s1. The SMILES string of the molecule is CC[C@@H](C(=O)NC)N(CCc1ccccc1)C(=O)CN(c1ccc(Cl)c(Cl)c1)S(=O)(=O)c1ccccc1. The number of nitrogens with one attached hydrogen (secondary N) is 1. The Morgan fingerprint density at radius 3 is 2.11 bits per heavy atom. The largest absolute Gasteiger partial charge is 0.357 e. The molecule has 0 fully saturated rings. The molecule has 1 atom stereocenters. The molecule has 196 valence electrons. The highest BCUT2D eigenvalue weighted by Gasteiger charge is 2.33. The van der Waals surface area contributed by atoms with Crippen molar-refractivity contribution in [1.82, 2.24) is 10.2 Å². The van der Waals surface area contributed by atoms with Crippen LogP contribution in [0.1, 0.15) is 18.9 Å². The van der Waals surface area contributed by atoms with E-state index < -0.39 is 28.5 Å². The van der Waals surface area contributed by atoms with Gasteiger partial charge in [-0.05, 0) is 48.7 Å². The first-order valence-corrected chi connectivity index (χ1v) is 14.0. The van der Waals surface area contributed by atoms with E-state index in [0.717, 1.165) is 9.87 Å². The topological polar surface area (TPSA) is 86.8 Å². The van der Waals surface area contributed by atoms with Crippen LogP contribution in [0.3, 0.4) is 0 Å². The Balaban J connectivity index is 2.01. The van der Waals surface area contributed by atoms with E-state index in [0.29, 0.717) is 12.8 Å². The molecular weight excluding hydrogens is 533 g/mol. The van der Waals surface area contributed by atoms with E-state index in [1.165, 1.54) is 42.3 Å². The fourth-order valence-electron chi connectivity index (χ4n) is 3.95. The van der Waals surface area contributed by atoms with E-state index in [-0.39, 0.29) is 33.1 Å². The Morgan fingerprint density at radius 2 is 1.54 bits per heavy atom. The number of carbonyl (C=O) groups is 2. The first kappa shape index (κ1) is 28.5. The predicted octanol–water partition coefficient (Wildman–Crippen LogP) is 4.78. The zero-order valence-corrected chi connectivity index (χ0v) is 22.9. The molecule has 0 aromatic heterocycles. The van der Waals surface area contributed by atoms with E-state index in [1.807, 2.05) is 30.3 Å². The van der Waals surface area contributed by atoms with Crippen LogP contribution >= 0.6 is 23.2 Å². The lowest BCUT2D eigenvalue weighted by Crippen LogP contribution is -2.52. The summed E-state index contributed by atoms with van der Waals surface area (Å²) in [6.07, 6.45) is 0.858. The van der Waals surface area contributed by atoms with Gasteiger partial charge in [0.15, 0.2) is 0 Å². The second kappa shape index (κ2) is 12.9. The maximum atomic E-state index is 13.8. The molecule has 0 radical (unpaired) electrons. The maximum Gasteiger partial charge on any atom is 0.264 e. The molecule has 0 aliphatic rings. The molecule has 3 aromatic rings. The molecule has 0 heterocycles. The monoisotopic (exact) mass is 561 g/mol. The number of hydrogen-bond donors (Lipinski definition) is 1. The summed E-state index contributed by atoms with van der Waals surface area (Å²) in [5.74, 6) is -0.840. The number of sulfonamides is 1. The van der Waals surface area contributed by atoms with Crippen molar-refractivity contribution in [2.24, 2.45) is 0 Å². The van der Waals surface area contributed by atoms with Crippen molar-refractivity contribution in [3.05, 3.63) is 94.5 Å². The van der Waals surface area contributed by atoms with Crippen molar-refractivity contribution in [2.75, 3.05) is 24.4 Å². The molecule has 1 N–H and O–H groups in total. The summed E-state index contributed by atoms with van der Waals surface area (Å²) in [5.41, 5.74) is 1.17. The fraction of sp³-hybridized carbons (Fsp3) is 0.259. The molecule has 0 saturated carbocycles. The molecule has 0 saturated heterocycles. The molecule has 0 aliphatic heterocycles. The molecular formula is C27H29Cl2N3O4S. The lowest BCUT2D eigenvalue weighted by Gasteiger charge is -2.33. The highest BCUT2D eigenvalue weighted by Crippen LogP contribution is 2.30. The number of amides is 2. The van der Waals surface area contributed by atoms with Gasteiger partial charge in [-0.25, -0.2) is 8.42 Å². The van der Waals surface area contributed by atoms with Crippen LogP contribution in [0.4, 0.5) is 5.69 Å². The van der Waals surface area contributed by atoms with E-state index in [4.69, 9.17) is 23.2 Å². The number of hydrogen-bond acceptors (Lipinski definition) is 4. The lowest BCUT2D eigenvalue weighted by molar-refractivity contribution is -0.139. The van der Waals surface area contributed by atoms with Gasteiger partial charge in [-0.15, -0.1) is 0 Å². The minimum atomic E-state index is -4.15. The lowest BCUT2D eigenvalue weighted by atomic mass is 10.1. The molecule has 10 heteroatoms. The zero-order chi connectivity index (χ0) is 27.0. The predicted molar refractivity (Wildman–Crippen MR) is 147 cm³/mol. The molecule has 2 amide bonds. The molecule has 3 rings (SSSR count).